The van der Waals surface area contributed by atoms with Crippen molar-refractivity contribution in [1.29, 1.82) is 0 Å². The van der Waals surface area contributed by atoms with Crippen molar-refractivity contribution in [2.45, 2.75) is 41.2 Å². The molecule has 0 aromatic heterocycles. The molecule has 1 aliphatic rings. The summed E-state index contributed by atoms with van der Waals surface area (Å²) in [5, 5.41) is 28.9. The van der Waals surface area contributed by atoms with E-state index in [1.165, 1.54) is 0 Å². The Labute approximate surface area is 169 Å². The van der Waals surface area contributed by atoms with Gasteiger partial charge in [0.25, 0.3) is 0 Å². The van der Waals surface area contributed by atoms with Crippen LogP contribution >= 0.6 is 11.8 Å². The fourth-order valence-corrected chi connectivity index (χ4v) is 3.81. The van der Waals surface area contributed by atoms with E-state index in [1.54, 1.807) is 11.8 Å². The van der Waals surface area contributed by atoms with Gasteiger partial charge in [-0.3, -0.25) is 4.99 Å². The van der Waals surface area contributed by atoms with Crippen LogP contribution < -0.4 is 5.73 Å². The van der Waals surface area contributed by atoms with Gasteiger partial charge in [0.05, 0.1) is 30.6 Å². The molecule has 1 heterocycles. The van der Waals surface area contributed by atoms with E-state index in [-0.39, 0.29) is 19.6 Å². The summed E-state index contributed by atoms with van der Waals surface area (Å²) in [6, 6.07) is 15.9. The topological polar surface area (TPSA) is 99.1 Å². The highest BCUT2D eigenvalue weighted by molar-refractivity contribution is 7.99. The molecule has 0 amide bonds. The molecule has 5 N–H and O–H groups in total. The lowest BCUT2D eigenvalue weighted by atomic mass is 9.92. The maximum atomic E-state index is 10.3. The molecule has 5 nitrogen and oxygen atoms in total. The molecule has 3 rings (SSSR count). The zero-order chi connectivity index (χ0) is 20.1. The van der Waals surface area contributed by atoms with Gasteiger partial charge in [0, 0.05) is 21.9 Å². The predicted molar refractivity (Wildman–Crippen MR) is 113 cm³/mol. The predicted octanol–water partition coefficient (Wildman–Crippen LogP) is 3.15. The lowest BCUT2D eigenvalue weighted by Gasteiger charge is -2.27. The molecule has 0 saturated heterocycles. The average Bonchev–Trinajstić information content (AvgIpc) is 3.15. The number of benzene rings is 2. The Hall–Kier alpha value is -1.96. The lowest BCUT2D eigenvalue weighted by Crippen LogP contribution is -2.48. The summed E-state index contributed by atoms with van der Waals surface area (Å²) >= 11 is 1.64. The molecule has 148 valence electrons. The second-order valence-electron chi connectivity index (χ2n) is 7.23. The molecule has 0 radical (unpaired) electrons. The van der Waals surface area contributed by atoms with Gasteiger partial charge in [-0.15, -0.1) is 0 Å². The number of rotatable bonds is 8. The van der Waals surface area contributed by atoms with Crippen LogP contribution in [0.1, 0.15) is 37.0 Å². The van der Waals surface area contributed by atoms with Crippen molar-refractivity contribution in [1.82, 2.24) is 0 Å². The molecule has 2 aromatic carbocycles. The van der Waals surface area contributed by atoms with Gasteiger partial charge in [-0.1, -0.05) is 42.1 Å². The Morgan fingerprint density at radius 2 is 1.61 bits per heavy atom. The third-order valence-corrected chi connectivity index (χ3v) is 5.80. The van der Waals surface area contributed by atoms with Crippen molar-refractivity contribution in [3.63, 3.8) is 0 Å². The SMILES string of the molecule is CC1=NC(c2ccc(Sc3ccc(C(O)CC(N)(CO)CO)cc3)cc2)=CC1. The van der Waals surface area contributed by atoms with Crippen LogP contribution in [0.3, 0.4) is 0 Å². The number of aliphatic imine (C=N–C) groups is 1. The normalized spacial score (nSPS) is 15.3. The molecule has 1 unspecified atom stereocenters. The van der Waals surface area contributed by atoms with Gasteiger partial charge in [-0.25, -0.2) is 0 Å². The van der Waals surface area contributed by atoms with E-state index in [9.17, 15) is 15.3 Å². The molecular weight excluding hydrogens is 372 g/mol. The van der Waals surface area contributed by atoms with Gasteiger partial charge in [0.2, 0.25) is 0 Å². The second-order valence-corrected chi connectivity index (χ2v) is 8.38. The fraction of sp³-hybridized carbons (Fsp3) is 0.318. The Balaban J connectivity index is 1.63. The van der Waals surface area contributed by atoms with Crippen LogP contribution in [0.5, 0.6) is 0 Å². The second kappa shape index (κ2) is 9.03. The monoisotopic (exact) mass is 398 g/mol. The summed E-state index contributed by atoms with van der Waals surface area (Å²) in [5.41, 5.74) is 8.67. The Bertz CT molecular complexity index is 856. The van der Waals surface area contributed by atoms with E-state index in [0.717, 1.165) is 33.2 Å². The van der Waals surface area contributed by atoms with Gasteiger partial charge < -0.3 is 21.1 Å². The van der Waals surface area contributed by atoms with Gasteiger partial charge in [-0.05, 0) is 48.7 Å². The summed E-state index contributed by atoms with van der Waals surface area (Å²) in [7, 11) is 0. The van der Waals surface area contributed by atoms with Crippen molar-refractivity contribution in [3.05, 3.63) is 65.7 Å². The average molecular weight is 399 g/mol. The lowest BCUT2D eigenvalue weighted by molar-refractivity contribution is 0.0618. The molecule has 1 atom stereocenters. The minimum Gasteiger partial charge on any atom is -0.394 e. The Kier molecular flexibility index (Phi) is 6.69. The minimum atomic E-state index is -1.19. The van der Waals surface area contributed by atoms with Crippen LogP contribution in [0.2, 0.25) is 0 Å². The van der Waals surface area contributed by atoms with Crippen molar-refractivity contribution in [3.8, 4) is 0 Å². The largest absolute Gasteiger partial charge is 0.394 e. The first kappa shape index (κ1) is 20.8. The minimum absolute atomic E-state index is 0.0890. The summed E-state index contributed by atoms with van der Waals surface area (Å²) in [4.78, 5) is 6.72. The molecule has 0 aliphatic carbocycles. The molecule has 28 heavy (non-hydrogen) atoms. The van der Waals surface area contributed by atoms with Crippen LogP contribution in [-0.2, 0) is 0 Å². The maximum Gasteiger partial charge on any atom is 0.0809 e. The van der Waals surface area contributed by atoms with E-state index in [2.05, 4.69) is 35.3 Å². The number of aliphatic hydroxyl groups is 3. The molecule has 0 fully saturated rings. The van der Waals surface area contributed by atoms with E-state index in [4.69, 9.17) is 5.73 Å². The highest BCUT2D eigenvalue weighted by Crippen LogP contribution is 2.31. The van der Waals surface area contributed by atoms with E-state index in [1.807, 2.05) is 31.2 Å². The van der Waals surface area contributed by atoms with Crippen molar-refractivity contribution >= 4 is 23.2 Å². The Morgan fingerprint density at radius 1 is 1.04 bits per heavy atom. The van der Waals surface area contributed by atoms with Crippen LogP contribution in [0.15, 0.2) is 69.4 Å². The summed E-state index contributed by atoms with van der Waals surface area (Å²) in [6.07, 6.45) is 2.31. The number of hydrogen-bond donors (Lipinski definition) is 4. The number of aliphatic hydroxyl groups excluding tert-OH is 3. The third kappa shape index (κ3) is 5.10. The number of allylic oxidation sites excluding steroid dienone is 1. The summed E-state index contributed by atoms with van der Waals surface area (Å²) < 4.78 is 0. The smallest absolute Gasteiger partial charge is 0.0809 e. The van der Waals surface area contributed by atoms with Crippen molar-refractivity contribution in [2.24, 2.45) is 10.7 Å². The van der Waals surface area contributed by atoms with Gasteiger partial charge in [-0.2, -0.15) is 0 Å². The van der Waals surface area contributed by atoms with Crippen LogP contribution in [0.25, 0.3) is 5.70 Å². The van der Waals surface area contributed by atoms with Gasteiger partial charge in [0.1, 0.15) is 0 Å². The number of nitrogens with zero attached hydrogens (tertiary/aromatic N) is 1. The molecule has 0 spiro atoms. The van der Waals surface area contributed by atoms with E-state index < -0.39 is 11.6 Å². The first-order chi connectivity index (χ1) is 13.4. The van der Waals surface area contributed by atoms with Crippen LogP contribution in [-0.4, -0.2) is 39.8 Å². The third-order valence-electron chi connectivity index (χ3n) is 4.78. The molecule has 0 bridgehead atoms. The molecule has 2 aromatic rings. The first-order valence-corrected chi connectivity index (χ1v) is 10.1. The van der Waals surface area contributed by atoms with E-state index >= 15 is 0 Å². The number of hydrogen-bond acceptors (Lipinski definition) is 6. The first-order valence-electron chi connectivity index (χ1n) is 9.24. The molecule has 1 aliphatic heterocycles. The standard InChI is InChI=1S/C22H26N2O3S/c1-15-2-11-20(24-15)16-3-7-18(8-4-16)28-19-9-5-17(6-10-19)21(27)12-22(23,13-25)14-26/h3-11,21,25-27H,2,12-14,23H2,1H3. The molecular formula is C22H26N2O3S. The van der Waals surface area contributed by atoms with Crippen molar-refractivity contribution in [2.75, 3.05) is 13.2 Å². The molecule has 0 saturated carbocycles. The highest BCUT2D eigenvalue weighted by Gasteiger charge is 2.27. The zero-order valence-corrected chi connectivity index (χ0v) is 16.7. The maximum absolute atomic E-state index is 10.3. The number of nitrogens with two attached hydrogens (primary N) is 1. The van der Waals surface area contributed by atoms with Gasteiger partial charge in [0.15, 0.2) is 0 Å². The van der Waals surface area contributed by atoms with Crippen LogP contribution in [0.4, 0.5) is 0 Å². The zero-order valence-electron chi connectivity index (χ0n) is 15.9. The summed E-state index contributed by atoms with van der Waals surface area (Å²) in [5.74, 6) is 0. The van der Waals surface area contributed by atoms with E-state index in [0.29, 0.717) is 5.56 Å². The quantitative estimate of drug-likeness (QED) is 0.547. The summed E-state index contributed by atoms with van der Waals surface area (Å²) in [6.45, 7) is 1.27. The molecule has 6 heteroatoms. The highest BCUT2D eigenvalue weighted by atomic mass is 32.2. The van der Waals surface area contributed by atoms with Crippen molar-refractivity contribution < 1.29 is 15.3 Å². The fourth-order valence-electron chi connectivity index (χ4n) is 2.99. The van der Waals surface area contributed by atoms with Crippen LogP contribution in [0, 0.1) is 0 Å². The Morgan fingerprint density at radius 3 is 2.11 bits per heavy atom. The van der Waals surface area contributed by atoms with Gasteiger partial charge >= 0.3 is 0 Å².